The molecule has 0 spiro atoms. The number of halogens is 1. The lowest BCUT2D eigenvalue weighted by Crippen LogP contribution is -2.39. The summed E-state index contributed by atoms with van der Waals surface area (Å²) in [5, 5.41) is 6.81. The highest BCUT2D eigenvalue weighted by Crippen LogP contribution is 2.19. The van der Waals surface area contributed by atoms with Gasteiger partial charge < -0.3 is 20.3 Å². The van der Waals surface area contributed by atoms with Crippen molar-refractivity contribution in [2.45, 2.75) is 59.5 Å². The van der Waals surface area contributed by atoms with Gasteiger partial charge >= 0.3 is 0 Å². The predicted octanol–water partition coefficient (Wildman–Crippen LogP) is 3.34. The summed E-state index contributed by atoms with van der Waals surface area (Å²) in [6, 6.07) is 0. The van der Waals surface area contributed by atoms with Crippen LogP contribution in [0.1, 0.15) is 53.4 Å². The summed E-state index contributed by atoms with van der Waals surface area (Å²) in [6.45, 7) is 14.6. The monoisotopic (exact) mass is 468 g/mol. The van der Waals surface area contributed by atoms with E-state index in [1.165, 1.54) is 32.4 Å². The minimum Gasteiger partial charge on any atom is -0.378 e. The maximum atomic E-state index is 5.81. The van der Waals surface area contributed by atoms with Crippen LogP contribution in [0.25, 0.3) is 0 Å². The van der Waals surface area contributed by atoms with Crippen molar-refractivity contribution >= 4 is 29.9 Å². The number of nitrogens with zero attached hydrogens (tertiary/aromatic N) is 2. The van der Waals surface area contributed by atoms with Gasteiger partial charge in [-0.1, -0.05) is 13.8 Å². The fourth-order valence-corrected chi connectivity index (χ4v) is 3.21. The average molecular weight is 468 g/mol. The molecular weight excluding hydrogens is 427 g/mol. The van der Waals surface area contributed by atoms with E-state index in [0.717, 1.165) is 44.5 Å². The average Bonchev–Trinajstić information content (AvgIpc) is 2.55. The molecule has 1 atom stereocenters. The summed E-state index contributed by atoms with van der Waals surface area (Å²) in [5.74, 6) is 2.34. The first-order valence-electron chi connectivity index (χ1n) is 9.89. The van der Waals surface area contributed by atoms with E-state index in [1.807, 2.05) is 0 Å². The van der Waals surface area contributed by atoms with Gasteiger partial charge in [0.05, 0.1) is 6.10 Å². The molecule has 1 saturated heterocycles. The van der Waals surface area contributed by atoms with Crippen molar-refractivity contribution in [3.05, 3.63) is 0 Å². The van der Waals surface area contributed by atoms with Gasteiger partial charge in [0.1, 0.15) is 0 Å². The Morgan fingerprint density at radius 2 is 1.88 bits per heavy atom. The summed E-state index contributed by atoms with van der Waals surface area (Å²) in [4.78, 5) is 7.18. The van der Waals surface area contributed by atoms with Crippen molar-refractivity contribution in [3.63, 3.8) is 0 Å². The molecule has 0 aromatic carbocycles. The third-order valence-electron chi connectivity index (χ3n) is 4.84. The maximum Gasteiger partial charge on any atom is 0.191 e. The molecular formula is C19H41IN4O. The van der Waals surface area contributed by atoms with Crippen LogP contribution in [0, 0.1) is 11.8 Å². The largest absolute Gasteiger partial charge is 0.378 e. The number of nitrogens with one attached hydrogen (secondary N) is 2. The minimum absolute atomic E-state index is 0. The molecule has 1 rings (SSSR count). The zero-order valence-corrected chi connectivity index (χ0v) is 19.3. The van der Waals surface area contributed by atoms with Crippen LogP contribution in [0.3, 0.4) is 0 Å². The molecule has 6 heteroatoms. The number of rotatable bonds is 10. The molecule has 150 valence electrons. The third kappa shape index (κ3) is 11.3. The normalized spacial score (nSPS) is 18.1. The first kappa shape index (κ1) is 24.9. The minimum atomic E-state index is 0. The Hall–Kier alpha value is -0.0800. The molecule has 1 unspecified atom stereocenters. The van der Waals surface area contributed by atoms with Gasteiger partial charge in [-0.15, -0.1) is 24.0 Å². The molecule has 1 aliphatic rings. The smallest absolute Gasteiger partial charge is 0.191 e. The highest BCUT2D eigenvalue weighted by Gasteiger charge is 2.16. The Kier molecular flexibility index (Phi) is 15.0. The lowest BCUT2D eigenvalue weighted by atomic mass is 9.94. The molecule has 0 aliphatic carbocycles. The second-order valence-electron chi connectivity index (χ2n) is 7.25. The van der Waals surface area contributed by atoms with Gasteiger partial charge in [0.2, 0.25) is 0 Å². The van der Waals surface area contributed by atoms with E-state index in [4.69, 9.17) is 9.73 Å². The van der Waals surface area contributed by atoms with Crippen LogP contribution in [-0.4, -0.2) is 63.3 Å². The Labute approximate surface area is 172 Å². The van der Waals surface area contributed by atoms with E-state index in [0.29, 0.717) is 12.0 Å². The zero-order chi connectivity index (χ0) is 17.8. The third-order valence-corrected chi connectivity index (χ3v) is 4.84. The molecule has 0 radical (unpaired) electrons. The summed E-state index contributed by atoms with van der Waals surface area (Å²) < 4.78 is 5.81. The SMILES string of the molecule is CCNC(=NCCC1CCN(C)CC1)NCCC(OCC)C(C)C.I. The van der Waals surface area contributed by atoms with Crippen LogP contribution >= 0.6 is 24.0 Å². The molecule has 1 heterocycles. The quantitative estimate of drug-likeness (QED) is 0.293. The number of hydrogen-bond donors (Lipinski definition) is 2. The summed E-state index contributed by atoms with van der Waals surface area (Å²) >= 11 is 0. The Balaban J connectivity index is 0.00000576. The van der Waals surface area contributed by atoms with Crippen molar-refractivity contribution in [3.8, 4) is 0 Å². The maximum absolute atomic E-state index is 5.81. The Bertz CT molecular complexity index is 344. The standard InChI is InChI=1S/C19H40N4O.HI/c1-6-20-19(22-13-9-18(16(3)4)24-7-2)21-12-8-17-10-14-23(5)15-11-17;/h16-18H,6-15H2,1-5H3,(H2,20,21,22);1H. The van der Waals surface area contributed by atoms with Gasteiger partial charge in [0.15, 0.2) is 5.96 Å². The zero-order valence-electron chi connectivity index (χ0n) is 17.0. The molecule has 0 aromatic rings. The highest BCUT2D eigenvalue weighted by atomic mass is 127. The topological polar surface area (TPSA) is 48.9 Å². The number of hydrogen-bond acceptors (Lipinski definition) is 3. The molecule has 0 amide bonds. The molecule has 5 nitrogen and oxygen atoms in total. The van der Waals surface area contributed by atoms with E-state index < -0.39 is 0 Å². The van der Waals surface area contributed by atoms with Crippen LogP contribution in [0.2, 0.25) is 0 Å². The van der Waals surface area contributed by atoms with Crippen LogP contribution in [0.15, 0.2) is 4.99 Å². The fourth-order valence-electron chi connectivity index (χ4n) is 3.21. The lowest BCUT2D eigenvalue weighted by Gasteiger charge is -2.28. The number of piperidine rings is 1. The van der Waals surface area contributed by atoms with E-state index >= 15 is 0 Å². The van der Waals surface area contributed by atoms with Crippen LogP contribution in [-0.2, 0) is 4.74 Å². The van der Waals surface area contributed by atoms with Crippen LogP contribution in [0.4, 0.5) is 0 Å². The number of guanidine groups is 1. The van der Waals surface area contributed by atoms with Gasteiger partial charge in [0.25, 0.3) is 0 Å². The fraction of sp³-hybridized carbons (Fsp3) is 0.947. The van der Waals surface area contributed by atoms with Crippen molar-refractivity contribution in [2.24, 2.45) is 16.8 Å². The number of ether oxygens (including phenoxy) is 1. The summed E-state index contributed by atoms with van der Waals surface area (Å²) in [6.07, 6.45) is 5.19. The van der Waals surface area contributed by atoms with Gasteiger partial charge in [-0.3, -0.25) is 4.99 Å². The van der Waals surface area contributed by atoms with Crippen molar-refractivity contribution < 1.29 is 4.74 Å². The first-order chi connectivity index (χ1) is 11.6. The van der Waals surface area contributed by atoms with E-state index in [1.54, 1.807) is 0 Å². The predicted molar refractivity (Wildman–Crippen MR) is 119 cm³/mol. The first-order valence-corrected chi connectivity index (χ1v) is 9.89. The van der Waals surface area contributed by atoms with Gasteiger partial charge in [-0.05, 0) is 71.5 Å². The molecule has 0 aromatic heterocycles. The van der Waals surface area contributed by atoms with E-state index in [2.05, 4.69) is 50.3 Å². The molecule has 0 bridgehead atoms. The van der Waals surface area contributed by atoms with Crippen molar-refractivity contribution in [2.75, 3.05) is 46.4 Å². The van der Waals surface area contributed by atoms with Crippen molar-refractivity contribution in [1.82, 2.24) is 15.5 Å². The van der Waals surface area contributed by atoms with Crippen LogP contribution in [0.5, 0.6) is 0 Å². The lowest BCUT2D eigenvalue weighted by molar-refractivity contribution is 0.0258. The number of likely N-dealkylation sites (tertiary alicyclic amines) is 1. The Morgan fingerprint density at radius 1 is 1.20 bits per heavy atom. The number of aliphatic imine (C=N–C) groups is 1. The molecule has 2 N–H and O–H groups in total. The molecule has 1 fully saturated rings. The highest BCUT2D eigenvalue weighted by molar-refractivity contribution is 14.0. The molecule has 25 heavy (non-hydrogen) atoms. The second kappa shape index (κ2) is 15.0. The summed E-state index contributed by atoms with van der Waals surface area (Å²) in [5.41, 5.74) is 0. The summed E-state index contributed by atoms with van der Waals surface area (Å²) in [7, 11) is 2.22. The van der Waals surface area contributed by atoms with E-state index in [-0.39, 0.29) is 24.0 Å². The van der Waals surface area contributed by atoms with Crippen molar-refractivity contribution in [1.29, 1.82) is 0 Å². The second-order valence-corrected chi connectivity index (χ2v) is 7.25. The van der Waals surface area contributed by atoms with Gasteiger partial charge in [-0.2, -0.15) is 0 Å². The van der Waals surface area contributed by atoms with Gasteiger partial charge in [0, 0.05) is 26.2 Å². The Morgan fingerprint density at radius 3 is 2.44 bits per heavy atom. The van der Waals surface area contributed by atoms with Gasteiger partial charge in [-0.25, -0.2) is 0 Å². The molecule has 0 saturated carbocycles. The van der Waals surface area contributed by atoms with E-state index in [9.17, 15) is 0 Å². The van der Waals surface area contributed by atoms with Crippen LogP contribution < -0.4 is 10.6 Å². The molecule has 1 aliphatic heterocycles.